The zero-order valence-electron chi connectivity index (χ0n) is 16.1. The van der Waals surface area contributed by atoms with Gasteiger partial charge in [0.1, 0.15) is 5.75 Å². The van der Waals surface area contributed by atoms with Crippen LogP contribution in [0.1, 0.15) is 27.0 Å². The maximum Gasteiger partial charge on any atom is 0.266 e. The van der Waals surface area contributed by atoms with Crippen LogP contribution in [0.4, 0.5) is 11.4 Å². The van der Waals surface area contributed by atoms with Crippen molar-refractivity contribution in [3.05, 3.63) is 89.0 Å². The number of rotatable bonds is 4. The molecule has 3 aromatic rings. The van der Waals surface area contributed by atoms with Crippen molar-refractivity contribution < 1.29 is 9.53 Å². The SMILES string of the molecule is Cc1cccc(NC(=O)c2cccc(OC(=S)Nc3cccc(C)c3C)c2)c1. The highest BCUT2D eigenvalue weighted by atomic mass is 32.1. The molecule has 0 aliphatic carbocycles. The number of hydrogen-bond acceptors (Lipinski definition) is 3. The Morgan fingerprint density at radius 1 is 0.893 bits per heavy atom. The van der Waals surface area contributed by atoms with Gasteiger partial charge in [0, 0.05) is 16.9 Å². The quantitative estimate of drug-likeness (QED) is 0.566. The average molecular weight is 391 g/mol. The minimum atomic E-state index is -0.204. The normalized spacial score (nSPS) is 10.2. The minimum absolute atomic E-state index is 0.204. The Bertz CT molecular complexity index is 1030. The van der Waals surface area contributed by atoms with Gasteiger partial charge in [-0.15, -0.1) is 0 Å². The largest absolute Gasteiger partial charge is 0.432 e. The number of aryl methyl sites for hydroxylation is 2. The molecule has 4 nitrogen and oxygen atoms in total. The second-order valence-corrected chi connectivity index (χ2v) is 6.98. The molecule has 1 amide bonds. The van der Waals surface area contributed by atoms with Gasteiger partial charge in [-0.05, 0) is 86.1 Å². The van der Waals surface area contributed by atoms with Crippen molar-refractivity contribution in [2.75, 3.05) is 10.6 Å². The lowest BCUT2D eigenvalue weighted by molar-refractivity contribution is 0.102. The smallest absolute Gasteiger partial charge is 0.266 e. The number of anilines is 2. The van der Waals surface area contributed by atoms with Crippen LogP contribution >= 0.6 is 12.2 Å². The van der Waals surface area contributed by atoms with Gasteiger partial charge in [-0.3, -0.25) is 4.79 Å². The third kappa shape index (κ3) is 4.96. The zero-order valence-corrected chi connectivity index (χ0v) is 16.9. The first kappa shape index (κ1) is 19.6. The summed E-state index contributed by atoms with van der Waals surface area (Å²) >= 11 is 5.32. The number of amides is 1. The number of benzene rings is 3. The molecule has 0 spiro atoms. The number of ether oxygens (including phenoxy) is 1. The summed E-state index contributed by atoms with van der Waals surface area (Å²) in [5, 5.41) is 6.22. The molecule has 0 unspecified atom stereocenters. The molecule has 0 saturated carbocycles. The van der Waals surface area contributed by atoms with Crippen LogP contribution < -0.4 is 15.4 Å². The molecule has 0 atom stereocenters. The van der Waals surface area contributed by atoms with Gasteiger partial charge in [-0.25, -0.2) is 0 Å². The summed E-state index contributed by atoms with van der Waals surface area (Å²) in [5.41, 5.74) is 5.51. The van der Waals surface area contributed by atoms with Crippen molar-refractivity contribution in [1.82, 2.24) is 0 Å². The molecule has 142 valence electrons. The van der Waals surface area contributed by atoms with Gasteiger partial charge < -0.3 is 15.4 Å². The lowest BCUT2D eigenvalue weighted by Crippen LogP contribution is -2.18. The number of carbonyl (C=O) groups is 1. The first-order chi connectivity index (χ1) is 13.4. The van der Waals surface area contributed by atoms with E-state index in [9.17, 15) is 4.79 Å². The van der Waals surface area contributed by atoms with Gasteiger partial charge >= 0.3 is 0 Å². The highest BCUT2D eigenvalue weighted by Crippen LogP contribution is 2.20. The van der Waals surface area contributed by atoms with Gasteiger partial charge in [-0.2, -0.15) is 0 Å². The maximum atomic E-state index is 12.5. The second-order valence-electron chi connectivity index (χ2n) is 6.61. The second kappa shape index (κ2) is 8.67. The Morgan fingerprint density at radius 3 is 2.43 bits per heavy atom. The fourth-order valence-corrected chi connectivity index (χ4v) is 2.96. The monoisotopic (exact) mass is 390 g/mol. The third-order valence-corrected chi connectivity index (χ3v) is 4.61. The van der Waals surface area contributed by atoms with Crippen LogP contribution in [-0.4, -0.2) is 11.1 Å². The number of thiocarbonyl (C=S) groups is 1. The van der Waals surface area contributed by atoms with Crippen molar-refractivity contribution in [3.63, 3.8) is 0 Å². The number of nitrogens with one attached hydrogen (secondary N) is 2. The molecular weight excluding hydrogens is 368 g/mol. The molecule has 0 aliphatic heterocycles. The Labute approximate surface area is 170 Å². The standard InChI is InChI=1S/C23H22N2O2S/c1-15-7-4-10-19(13-15)24-22(26)18-9-6-11-20(14-18)27-23(28)25-21-12-5-8-16(2)17(21)3/h4-14H,1-3H3,(H,24,26)(H,25,28). The Kier molecular flexibility index (Phi) is 6.06. The first-order valence-corrected chi connectivity index (χ1v) is 9.36. The van der Waals surface area contributed by atoms with E-state index in [1.54, 1.807) is 24.3 Å². The maximum absolute atomic E-state index is 12.5. The summed E-state index contributed by atoms with van der Waals surface area (Å²) in [6, 6.07) is 20.5. The van der Waals surface area contributed by atoms with E-state index in [1.807, 2.05) is 63.2 Å². The van der Waals surface area contributed by atoms with Crippen LogP contribution in [0.25, 0.3) is 0 Å². The van der Waals surface area contributed by atoms with Crippen molar-refractivity contribution in [1.29, 1.82) is 0 Å². The molecule has 28 heavy (non-hydrogen) atoms. The predicted octanol–water partition coefficient (Wildman–Crippen LogP) is 5.64. The minimum Gasteiger partial charge on any atom is -0.432 e. The summed E-state index contributed by atoms with van der Waals surface area (Å²) in [5.74, 6) is 0.296. The Hall–Kier alpha value is -3.18. The molecule has 0 aliphatic rings. The van der Waals surface area contributed by atoms with Crippen LogP contribution in [0.3, 0.4) is 0 Å². The Balaban J connectivity index is 1.68. The van der Waals surface area contributed by atoms with Gasteiger partial charge in [0.05, 0.1) is 0 Å². The summed E-state index contributed by atoms with van der Waals surface area (Å²) in [6.07, 6.45) is 0. The van der Waals surface area contributed by atoms with E-state index in [1.165, 1.54) is 5.56 Å². The molecule has 0 fully saturated rings. The van der Waals surface area contributed by atoms with Crippen LogP contribution in [-0.2, 0) is 0 Å². The Morgan fingerprint density at radius 2 is 1.64 bits per heavy atom. The summed E-state index contributed by atoms with van der Waals surface area (Å²) in [7, 11) is 0. The molecule has 5 heteroatoms. The summed E-state index contributed by atoms with van der Waals surface area (Å²) < 4.78 is 5.71. The van der Waals surface area contributed by atoms with E-state index in [0.717, 1.165) is 22.5 Å². The third-order valence-electron chi connectivity index (χ3n) is 4.42. The van der Waals surface area contributed by atoms with Crippen molar-refractivity contribution in [2.24, 2.45) is 0 Å². The van der Waals surface area contributed by atoms with Crippen LogP contribution in [0.5, 0.6) is 5.75 Å². The van der Waals surface area contributed by atoms with Crippen LogP contribution in [0, 0.1) is 20.8 Å². The number of hydrogen-bond donors (Lipinski definition) is 2. The van der Waals surface area contributed by atoms with Crippen LogP contribution in [0.2, 0.25) is 0 Å². The topological polar surface area (TPSA) is 50.4 Å². The first-order valence-electron chi connectivity index (χ1n) is 8.95. The highest BCUT2D eigenvalue weighted by molar-refractivity contribution is 7.80. The predicted molar refractivity (Wildman–Crippen MR) is 118 cm³/mol. The lowest BCUT2D eigenvalue weighted by Gasteiger charge is -2.13. The molecule has 0 aromatic heterocycles. The molecular formula is C23H22N2O2S. The van der Waals surface area contributed by atoms with Gasteiger partial charge in [-0.1, -0.05) is 30.3 Å². The zero-order chi connectivity index (χ0) is 20.1. The molecule has 0 saturated heterocycles. The summed E-state index contributed by atoms with van der Waals surface area (Å²) in [4.78, 5) is 12.5. The van der Waals surface area contributed by atoms with E-state index >= 15 is 0 Å². The van der Waals surface area contributed by atoms with Crippen molar-refractivity contribution in [3.8, 4) is 5.75 Å². The number of carbonyl (C=O) groups excluding carboxylic acids is 1. The van der Waals surface area contributed by atoms with E-state index < -0.39 is 0 Å². The molecule has 0 radical (unpaired) electrons. The van der Waals surface area contributed by atoms with Gasteiger partial charge in [0.15, 0.2) is 0 Å². The lowest BCUT2D eigenvalue weighted by atomic mass is 10.1. The van der Waals surface area contributed by atoms with Gasteiger partial charge in [0.2, 0.25) is 0 Å². The van der Waals surface area contributed by atoms with E-state index in [0.29, 0.717) is 11.3 Å². The molecule has 2 N–H and O–H groups in total. The summed E-state index contributed by atoms with van der Waals surface area (Å²) in [6.45, 7) is 6.05. The highest BCUT2D eigenvalue weighted by Gasteiger charge is 2.10. The molecule has 3 rings (SSSR count). The average Bonchev–Trinajstić information content (AvgIpc) is 2.65. The molecule has 0 bridgehead atoms. The van der Waals surface area contributed by atoms with E-state index in [-0.39, 0.29) is 11.1 Å². The van der Waals surface area contributed by atoms with Gasteiger partial charge in [0.25, 0.3) is 11.1 Å². The van der Waals surface area contributed by atoms with Crippen LogP contribution in [0.15, 0.2) is 66.7 Å². The van der Waals surface area contributed by atoms with Crippen molar-refractivity contribution in [2.45, 2.75) is 20.8 Å². The molecule has 3 aromatic carbocycles. The molecule has 0 heterocycles. The van der Waals surface area contributed by atoms with E-state index in [2.05, 4.69) is 10.6 Å². The van der Waals surface area contributed by atoms with Crippen molar-refractivity contribution >= 4 is 34.7 Å². The van der Waals surface area contributed by atoms with E-state index in [4.69, 9.17) is 17.0 Å². The fourth-order valence-electron chi connectivity index (χ4n) is 2.76. The fraction of sp³-hybridized carbons (Fsp3) is 0.130.